The van der Waals surface area contributed by atoms with Crippen LogP contribution >= 0.6 is 0 Å². The van der Waals surface area contributed by atoms with Crippen molar-refractivity contribution in [3.8, 4) is 11.5 Å². The molecule has 1 atom stereocenters. The van der Waals surface area contributed by atoms with E-state index in [0.29, 0.717) is 5.75 Å². The zero-order valence-electron chi connectivity index (χ0n) is 18.6. The number of ether oxygens (including phenoxy) is 2. The molecule has 0 radical (unpaired) electrons. The van der Waals surface area contributed by atoms with Crippen LogP contribution in [0.15, 0.2) is 69.3 Å². The molecule has 0 saturated heterocycles. The fourth-order valence-electron chi connectivity index (χ4n) is 3.32. The Morgan fingerprint density at radius 2 is 1.88 bits per heavy atom. The lowest BCUT2D eigenvalue weighted by molar-refractivity contribution is 0.0938. The summed E-state index contributed by atoms with van der Waals surface area (Å²) >= 11 is 0. The third kappa shape index (κ3) is 4.99. The standard InChI is InChI=1S/C23H24N6O5/c1-28-20-19(21(31)26-23(28)32)29(13-16(30)14-34-18-6-4-3-5-7-18)22(25-20)27-24-12-15-8-10-17(33-2)11-9-15/h3-12,16,30H,13-14H2,1-2H3,(H,25,27)(H,26,31,32)/b24-12+/t16-/m1/s1. The van der Waals surface area contributed by atoms with Gasteiger partial charge in [0.05, 0.1) is 19.9 Å². The number of nitrogens with zero attached hydrogens (tertiary/aromatic N) is 4. The van der Waals surface area contributed by atoms with E-state index in [4.69, 9.17) is 9.47 Å². The smallest absolute Gasteiger partial charge is 0.329 e. The molecule has 0 aliphatic carbocycles. The molecule has 4 rings (SSSR count). The van der Waals surface area contributed by atoms with Crippen molar-refractivity contribution in [3.05, 3.63) is 81.0 Å². The fraction of sp³-hybridized carbons (Fsp3) is 0.217. The number of aromatic nitrogens is 4. The molecule has 0 fully saturated rings. The number of nitrogens with one attached hydrogen (secondary N) is 2. The Kier molecular flexibility index (Phi) is 6.74. The minimum atomic E-state index is -0.972. The molecule has 0 bridgehead atoms. The third-order valence-electron chi connectivity index (χ3n) is 5.08. The lowest BCUT2D eigenvalue weighted by Gasteiger charge is -2.15. The van der Waals surface area contributed by atoms with Gasteiger partial charge in [0, 0.05) is 7.05 Å². The molecule has 0 aliphatic heterocycles. The van der Waals surface area contributed by atoms with E-state index >= 15 is 0 Å². The molecular formula is C23H24N6O5. The van der Waals surface area contributed by atoms with Crippen LogP contribution in [-0.4, -0.2) is 50.2 Å². The number of methoxy groups -OCH3 is 1. The van der Waals surface area contributed by atoms with Crippen molar-refractivity contribution in [1.29, 1.82) is 0 Å². The van der Waals surface area contributed by atoms with Gasteiger partial charge in [0.1, 0.15) is 24.2 Å². The van der Waals surface area contributed by atoms with Gasteiger partial charge in [0.2, 0.25) is 5.95 Å². The van der Waals surface area contributed by atoms with E-state index in [1.165, 1.54) is 16.2 Å². The number of hydrazone groups is 1. The van der Waals surface area contributed by atoms with Gasteiger partial charge in [-0.2, -0.15) is 10.1 Å². The van der Waals surface area contributed by atoms with Crippen LogP contribution < -0.4 is 26.1 Å². The SMILES string of the molecule is COc1ccc(/C=N/Nc2nc3c(c(=O)[nH]c(=O)n3C)n2C[C@@H](O)COc2ccccc2)cc1. The van der Waals surface area contributed by atoms with Crippen LogP contribution in [0.5, 0.6) is 11.5 Å². The van der Waals surface area contributed by atoms with Gasteiger partial charge in [0.25, 0.3) is 5.56 Å². The summed E-state index contributed by atoms with van der Waals surface area (Å²) in [6, 6.07) is 16.3. The number of aliphatic hydroxyl groups is 1. The number of anilines is 1. The number of H-pyrrole nitrogens is 1. The number of hydrogen-bond acceptors (Lipinski definition) is 8. The number of fused-ring (bicyclic) bond motifs is 1. The van der Waals surface area contributed by atoms with Crippen molar-refractivity contribution in [2.75, 3.05) is 19.1 Å². The van der Waals surface area contributed by atoms with E-state index in [0.717, 1.165) is 11.3 Å². The van der Waals surface area contributed by atoms with Gasteiger partial charge in [-0.3, -0.25) is 14.3 Å². The van der Waals surface area contributed by atoms with Gasteiger partial charge >= 0.3 is 5.69 Å². The number of para-hydroxylation sites is 1. The number of aromatic amines is 1. The highest BCUT2D eigenvalue weighted by atomic mass is 16.5. The highest BCUT2D eigenvalue weighted by Gasteiger charge is 2.20. The van der Waals surface area contributed by atoms with Crippen LogP contribution in [-0.2, 0) is 13.6 Å². The second-order valence-corrected chi connectivity index (χ2v) is 7.46. The van der Waals surface area contributed by atoms with Crippen LogP contribution in [0.3, 0.4) is 0 Å². The number of rotatable bonds is 9. The van der Waals surface area contributed by atoms with Crippen molar-refractivity contribution in [2.24, 2.45) is 12.1 Å². The van der Waals surface area contributed by atoms with Gasteiger partial charge in [-0.1, -0.05) is 18.2 Å². The summed E-state index contributed by atoms with van der Waals surface area (Å²) in [5.74, 6) is 1.52. The minimum absolute atomic E-state index is 0.0120. The molecule has 176 valence electrons. The first kappa shape index (κ1) is 22.8. The Balaban J connectivity index is 1.60. The van der Waals surface area contributed by atoms with Crippen LogP contribution in [0, 0.1) is 0 Å². The normalized spacial score (nSPS) is 12.2. The van der Waals surface area contributed by atoms with Crippen molar-refractivity contribution in [2.45, 2.75) is 12.6 Å². The van der Waals surface area contributed by atoms with E-state index < -0.39 is 17.4 Å². The molecule has 2 heterocycles. The Morgan fingerprint density at radius 1 is 1.15 bits per heavy atom. The van der Waals surface area contributed by atoms with Gasteiger partial charge in [0.15, 0.2) is 11.2 Å². The molecule has 3 N–H and O–H groups in total. The second-order valence-electron chi connectivity index (χ2n) is 7.46. The molecule has 2 aromatic carbocycles. The first-order chi connectivity index (χ1) is 16.5. The number of aryl methyl sites for hydroxylation is 1. The van der Waals surface area contributed by atoms with E-state index in [-0.39, 0.29) is 30.3 Å². The quantitative estimate of drug-likeness (QED) is 0.251. The van der Waals surface area contributed by atoms with Gasteiger partial charge in [-0.25, -0.2) is 10.2 Å². The third-order valence-corrected chi connectivity index (χ3v) is 5.08. The van der Waals surface area contributed by atoms with E-state index in [1.54, 1.807) is 37.6 Å². The van der Waals surface area contributed by atoms with Gasteiger partial charge < -0.3 is 19.1 Å². The summed E-state index contributed by atoms with van der Waals surface area (Å²) in [5.41, 5.74) is 2.68. The summed E-state index contributed by atoms with van der Waals surface area (Å²) in [7, 11) is 3.08. The zero-order valence-corrected chi connectivity index (χ0v) is 18.6. The minimum Gasteiger partial charge on any atom is -0.497 e. The van der Waals surface area contributed by atoms with E-state index in [1.807, 2.05) is 30.3 Å². The lowest BCUT2D eigenvalue weighted by Crippen LogP contribution is -2.30. The number of aliphatic hydroxyl groups excluding tert-OH is 1. The Bertz CT molecular complexity index is 1410. The average Bonchev–Trinajstić information content (AvgIpc) is 3.21. The van der Waals surface area contributed by atoms with Gasteiger partial charge in [-0.15, -0.1) is 0 Å². The molecule has 34 heavy (non-hydrogen) atoms. The molecule has 2 aromatic heterocycles. The average molecular weight is 464 g/mol. The highest BCUT2D eigenvalue weighted by molar-refractivity contribution is 5.80. The highest BCUT2D eigenvalue weighted by Crippen LogP contribution is 2.17. The molecule has 11 heteroatoms. The number of benzene rings is 2. The van der Waals surface area contributed by atoms with Crippen LogP contribution in [0.25, 0.3) is 11.2 Å². The largest absolute Gasteiger partial charge is 0.497 e. The molecular weight excluding hydrogens is 440 g/mol. The molecule has 4 aromatic rings. The Labute approximate surface area is 193 Å². The molecule has 0 spiro atoms. The van der Waals surface area contributed by atoms with Crippen LogP contribution in [0.4, 0.5) is 5.95 Å². The first-order valence-electron chi connectivity index (χ1n) is 10.4. The van der Waals surface area contributed by atoms with Crippen molar-refractivity contribution >= 4 is 23.3 Å². The van der Waals surface area contributed by atoms with Crippen molar-refractivity contribution < 1.29 is 14.6 Å². The fourth-order valence-corrected chi connectivity index (χ4v) is 3.32. The summed E-state index contributed by atoms with van der Waals surface area (Å²) in [5, 5.41) is 14.8. The van der Waals surface area contributed by atoms with Crippen LogP contribution in [0.1, 0.15) is 5.56 Å². The summed E-state index contributed by atoms with van der Waals surface area (Å²) in [6.07, 6.45) is 0.599. The second kappa shape index (κ2) is 10.0. The summed E-state index contributed by atoms with van der Waals surface area (Å²) in [6.45, 7) is -0.0348. The lowest BCUT2D eigenvalue weighted by atomic mass is 10.2. The predicted octanol–water partition coefficient (Wildman–Crippen LogP) is 1.32. The predicted molar refractivity (Wildman–Crippen MR) is 128 cm³/mol. The number of hydrogen-bond donors (Lipinski definition) is 3. The number of imidazole rings is 1. The molecule has 0 aliphatic rings. The summed E-state index contributed by atoms with van der Waals surface area (Å²) < 4.78 is 13.4. The molecule has 11 nitrogen and oxygen atoms in total. The molecule has 0 saturated carbocycles. The Morgan fingerprint density at radius 3 is 2.59 bits per heavy atom. The zero-order chi connectivity index (χ0) is 24.1. The maximum Gasteiger partial charge on any atom is 0.329 e. The maximum atomic E-state index is 12.6. The Hall–Kier alpha value is -4.38. The molecule has 0 unspecified atom stereocenters. The monoisotopic (exact) mass is 464 g/mol. The van der Waals surface area contributed by atoms with Crippen LogP contribution in [0.2, 0.25) is 0 Å². The van der Waals surface area contributed by atoms with E-state index in [9.17, 15) is 14.7 Å². The maximum absolute atomic E-state index is 12.6. The van der Waals surface area contributed by atoms with Crippen molar-refractivity contribution in [1.82, 2.24) is 19.1 Å². The van der Waals surface area contributed by atoms with Gasteiger partial charge in [-0.05, 0) is 42.0 Å². The topological polar surface area (TPSA) is 136 Å². The van der Waals surface area contributed by atoms with E-state index in [2.05, 4.69) is 20.5 Å². The molecule has 0 amide bonds. The van der Waals surface area contributed by atoms with Crippen molar-refractivity contribution in [3.63, 3.8) is 0 Å². The first-order valence-corrected chi connectivity index (χ1v) is 10.4. The summed E-state index contributed by atoms with van der Waals surface area (Å²) in [4.78, 5) is 31.2.